The van der Waals surface area contributed by atoms with Gasteiger partial charge in [-0.15, -0.1) is 0 Å². The van der Waals surface area contributed by atoms with Crippen LogP contribution in [0.25, 0.3) is 11.0 Å². The summed E-state index contributed by atoms with van der Waals surface area (Å²) < 4.78 is 0. The fourth-order valence-corrected chi connectivity index (χ4v) is 1.99. The second kappa shape index (κ2) is 3.07. The van der Waals surface area contributed by atoms with Crippen LogP contribution in [0.15, 0.2) is 12.1 Å². The van der Waals surface area contributed by atoms with E-state index in [1.165, 1.54) is 0 Å². The third-order valence-electron chi connectivity index (χ3n) is 2.94. The number of hydrogen-bond acceptors (Lipinski definition) is 2. The standard InChI is InChI=1S/C12H12N2O2/c1-6-4-8(12(15)16)10-9(5-6)13-11(14-10)7-2-3-7/h4-5,7H,2-3H2,1H3,(H,13,14)(H,15,16). The number of carboxylic acid groups (broad SMARTS) is 1. The summed E-state index contributed by atoms with van der Waals surface area (Å²) in [5, 5.41) is 9.12. The van der Waals surface area contributed by atoms with Gasteiger partial charge in [-0.3, -0.25) is 0 Å². The molecule has 2 N–H and O–H groups in total. The molecule has 16 heavy (non-hydrogen) atoms. The minimum atomic E-state index is -0.914. The minimum Gasteiger partial charge on any atom is -0.478 e. The molecular formula is C12H12N2O2. The second-order valence-corrected chi connectivity index (χ2v) is 4.41. The van der Waals surface area contributed by atoms with Crippen molar-refractivity contribution in [3.8, 4) is 0 Å². The van der Waals surface area contributed by atoms with Gasteiger partial charge in [-0.05, 0) is 37.5 Å². The molecule has 0 spiro atoms. The van der Waals surface area contributed by atoms with E-state index < -0.39 is 5.97 Å². The number of aromatic carboxylic acids is 1. The number of rotatable bonds is 2. The molecule has 0 aliphatic heterocycles. The van der Waals surface area contributed by atoms with Gasteiger partial charge in [0, 0.05) is 5.92 Å². The number of H-pyrrole nitrogens is 1. The first kappa shape index (κ1) is 9.39. The van der Waals surface area contributed by atoms with Crippen LogP contribution in [0.5, 0.6) is 0 Å². The van der Waals surface area contributed by atoms with Crippen LogP contribution >= 0.6 is 0 Å². The Hall–Kier alpha value is -1.84. The lowest BCUT2D eigenvalue weighted by Gasteiger charge is -1.97. The highest BCUT2D eigenvalue weighted by atomic mass is 16.4. The Bertz CT molecular complexity index is 582. The number of fused-ring (bicyclic) bond motifs is 1. The molecule has 2 aromatic rings. The van der Waals surface area contributed by atoms with Crippen molar-refractivity contribution in [2.45, 2.75) is 25.7 Å². The van der Waals surface area contributed by atoms with Gasteiger partial charge >= 0.3 is 5.97 Å². The van der Waals surface area contributed by atoms with E-state index in [2.05, 4.69) is 9.97 Å². The Morgan fingerprint density at radius 2 is 2.25 bits per heavy atom. The van der Waals surface area contributed by atoms with Crippen molar-refractivity contribution in [2.24, 2.45) is 0 Å². The van der Waals surface area contributed by atoms with Gasteiger partial charge in [-0.1, -0.05) is 0 Å². The quantitative estimate of drug-likeness (QED) is 0.810. The first-order valence-corrected chi connectivity index (χ1v) is 5.38. The first-order chi connectivity index (χ1) is 7.65. The van der Waals surface area contributed by atoms with Crippen molar-refractivity contribution in [3.05, 3.63) is 29.1 Å². The molecular weight excluding hydrogens is 204 g/mol. The maximum Gasteiger partial charge on any atom is 0.337 e. The van der Waals surface area contributed by atoms with Crippen LogP contribution in [0, 0.1) is 6.92 Å². The van der Waals surface area contributed by atoms with E-state index in [0.29, 0.717) is 11.4 Å². The molecule has 1 aliphatic carbocycles. The average molecular weight is 216 g/mol. The molecule has 1 fully saturated rings. The lowest BCUT2D eigenvalue weighted by Crippen LogP contribution is -1.98. The van der Waals surface area contributed by atoms with Gasteiger partial charge in [-0.2, -0.15) is 0 Å². The van der Waals surface area contributed by atoms with E-state index in [-0.39, 0.29) is 5.56 Å². The van der Waals surface area contributed by atoms with Crippen LogP contribution < -0.4 is 0 Å². The predicted octanol–water partition coefficient (Wildman–Crippen LogP) is 2.45. The van der Waals surface area contributed by atoms with E-state index in [9.17, 15) is 4.79 Å². The molecule has 3 rings (SSSR count). The van der Waals surface area contributed by atoms with Gasteiger partial charge in [-0.25, -0.2) is 9.78 Å². The number of carbonyl (C=O) groups is 1. The van der Waals surface area contributed by atoms with Crippen LogP contribution in [-0.4, -0.2) is 21.0 Å². The zero-order valence-corrected chi connectivity index (χ0v) is 8.95. The number of hydrogen-bond donors (Lipinski definition) is 2. The zero-order chi connectivity index (χ0) is 11.3. The largest absolute Gasteiger partial charge is 0.478 e. The van der Waals surface area contributed by atoms with Gasteiger partial charge in [0.15, 0.2) is 0 Å². The number of aromatic amines is 1. The van der Waals surface area contributed by atoms with Crippen LogP contribution in [0.3, 0.4) is 0 Å². The molecule has 1 aliphatic rings. The van der Waals surface area contributed by atoms with Crippen LogP contribution in [0.2, 0.25) is 0 Å². The van der Waals surface area contributed by atoms with E-state index in [1.807, 2.05) is 13.0 Å². The third kappa shape index (κ3) is 1.38. The molecule has 0 unspecified atom stereocenters. The SMILES string of the molecule is Cc1cc(C(=O)O)c2nc(C3CC3)[nH]c2c1. The smallest absolute Gasteiger partial charge is 0.337 e. The van der Waals surface area contributed by atoms with E-state index >= 15 is 0 Å². The lowest BCUT2D eigenvalue weighted by molar-refractivity contribution is 0.0698. The third-order valence-corrected chi connectivity index (χ3v) is 2.94. The van der Waals surface area contributed by atoms with Crippen molar-refractivity contribution in [1.82, 2.24) is 9.97 Å². The average Bonchev–Trinajstić information content (AvgIpc) is 2.98. The summed E-state index contributed by atoms with van der Waals surface area (Å²) in [6, 6.07) is 3.61. The van der Waals surface area contributed by atoms with Crippen LogP contribution in [-0.2, 0) is 0 Å². The maximum absolute atomic E-state index is 11.1. The molecule has 0 atom stereocenters. The molecule has 1 aromatic heterocycles. The molecule has 0 radical (unpaired) electrons. The molecule has 1 saturated carbocycles. The van der Waals surface area contributed by atoms with Gasteiger partial charge in [0.25, 0.3) is 0 Å². The van der Waals surface area contributed by atoms with Gasteiger partial charge in [0.2, 0.25) is 0 Å². The van der Waals surface area contributed by atoms with Crippen molar-refractivity contribution in [2.75, 3.05) is 0 Å². The van der Waals surface area contributed by atoms with E-state index in [1.54, 1.807) is 6.07 Å². The van der Waals surface area contributed by atoms with Crippen molar-refractivity contribution >= 4 is 17.0 Å². The van der Waals surface area contributed by atoms with Crippen molar-refractivity contribution in [1.29, 1.82) is 0 Å². The summed E-state index contributed by atoms with van der Waals surface area (Å²) in [7, 11) is 0. The topological polar surface area (TPSA) is 66.0 Å². The molecule has 0 saturated heterocycles. The summed E-state index contributed by atoms with van der Waals surface area (Å²) >= 11 is 0. The fourth-order valence-electron chi connectivity index (χ4n) is 1.99. The Morgan fingerprint density at radius 3 is 2.88 bits per heavy atom. The van der Waals surface area contributed by atoms with Gasteiger partial charge < -0.3 is 10.1 Å². The first-order valence-electron chi connectivity index (χ1n) is 5.38. The zero-order valence-electron chi connectivity index (χ0n) is 8.95. The number of carboxylic acids is 1. The molecule has 82 valence electrons. The second-order valence-electron chi connectivity index (χ2n) is 4.41. The van der Waals surface area contributed by atoms with Gasteiger partial charge in [0.1, 0.15) is 11.3 Å². The Kier molecular flexibility index (Phi) is 1.80. The summed E-state index contributed by atoms with van der Waals surface area (Å²) in [5.41, 5.74) is 2.65. The Balaban J connectivity index is 2.27. The van der Waals surface area contributed by atoms with Crippen molar-refractivity contribution < 1.29 is 9.90 Å². The molecule has 0 bridgehead atoms. The number of benzene rings is 1. The number of nitrogens with zero attached hydrogens (tertiary/aromatic N) is 1. The lowest BCUT2D eigenvalue weighted by atomic mass is 10.1. The highest BCUT2D eigenvalue weighted by Gasteiger charge is 2.27. The van der Waals surface area contributed by atoms with E-state index in [4.69, 9.17) is 5.11 Å². The van der Waals surface area contributed by atoms with Gasteiger partial charge in [0.05, 0.1) is 11.1 Å². The fraction of sp³-hybridized carbons (Fsp3) is 0.333. The summed E-state index contributed by atoms with van der Waals surface area (Å²) in [4.78, 5) is 18.7. The van der Waals surface area contributed by atoms with Crippen LogP contribution in [0.1, 0.15) is 40.5 Å². The highest BCUT2D eigenvalue weighted by Crippen LogP contribution is 2.39. The molecule has 1 aromatic carbocycles. The Labute approximate surface area is 92.3 Å². The minimum absolute atomic E-state index is 0.290. The molecule has 0 amide bonds. The van der Waals surface area contributed by atoms with E-state index in [0.717, 1.165) is 29.7 Å². The number of imidazole rings is 1. The number of aryl methyl sites for hydroxylation is 1. The monoisotopic (exact) mass is 216 g/mol. The number of nitrogens with one attached hydrogen (secondary N) is 1. The predicted molar refractivity (Wildman–Crippen MR) is 59.8 cm³/mol. The normalized spacial score (nSPS) is 15.6. The molecule has 4 heteroatoms. The summed E-state index contributed by atoms with van der Waals surface area (Å²) in [5.74, 6) is 0.528. The molecule has 1 heterocycles. The summed E-state index contributed by atoms with van der Waals surface area (Å²) in [6.07, 6.45) is 2.31. The molecule has 4 nitrogen and oxygen atoms in total. The van der Waals surface area contributed by atoms with Crippen LogP contribution in [0.4, 0.5) is 0 Å². The Morgan fingerprint density at radius 1 is 1.50 bits per heavy atom. The maximum atomic E-state index is 11.1. The number of aromatic nitrogens is 2. The highest BCUT2D eigenvalue weighted by molar-refractivity contribution is 6.01. The van der Waals surface area contributed by atoms with Crippen molar-refractivity contribution in [3.63, 3.8) is 0 Å². The summed E-state index contributed by atoms with van der Waals surface area (Å²) in [6.45, 7) is 1.89.